The molecule has 0 atom stereocenters. The smallest absolute Gasteiger partial charge is 0.262 e. The molecular weight excluding hydrogens is 338 g/mol. The molecule has 0 aliphatic heterocycles. The molecule has 0 aliphatic rings. The van der Waals surface area contributed by atoms with E-state index in [0.717, 1.165) is 6.07 Å². The summed E-state index contributed by atoms with van der Waals surface area (Å²) in [5.74, 6) is -0.779. The van der Waals surface area contributed by atoms with Crippen LogP contribution in [0.2, 0.25) is 10.0 Å². The molecule has 0 amide bonds. The molecule has 2 aromatic carbocycles. The Morgan fingerprint density at radius 1 is 1.14 bits per heavy atom. The van der Waals surface area contributed by atoms with Gasteiger partial charge in [-0.05, 0) is 42.8 Å². The first kappa shape index (κ1) is 15.9. The van der Waals surface area contributed by atoms with Gasteiger partial charge >= 0.3 is 0 Å². The highest BCUT2D eigenvalue weighted by Gasteiger charge is 2.20. The summed E-state index contributed by atoms with van der Waals surface area (Å²) < 4.78 is 40.5. The Kier molecular flexibility index (Phi) is 4.32. The Balaban J connectivity index is 2.48. The monoisotopic (exact) mass is 348 g/mol. The number of benzene rings is 2. The van der Waals surface area contributed by atoms with Crippen LogP contribution in [0.5, 0.6) is 0 Å². The second-order valence-electron chi connectivity index (χ2n) is 4.35. The number of nitrogens with one attached hydrogen (secondary N) is 1. The van der Waals surface area contributed by atoms with Crippen LogP contribution in [0, 0.1) is 12.7 Å². The lowest BCUT2D eigenvalue weighted by Crippen LogP contribution is -2.16. The van der Waals surface area contributed by atoms with Crippen molar-refractivity contribution in [1.29, 1.82) is 0 Å². The Hall–Kier alpha value is -1.50. The van der Waals surface area contributed by atoms with Crippen molar-refractivity contribution in [3.8, 4) is 0 Å². The fourth-order valence-electron chi connectivity index (χ4n) is 1.73. The summed E-state index contributed by atoms with van der Waals surface area (Å²) in [6.45, 7) is 1.54. The van der Waals surface area contributed by atoms with Gasteiger partial charge in [-0.1, -0.05) is 23.2 Å². The normalized spacial score (nSPS) is 11.4. The van der Waals surface area contributed by atoms with Crippen molar-refractivity contribution in [3.05, 3.63) is 51.8 Å². The lowest BCUT2D eigenvalue weighted by atomic mass is 10.2. The number of rotatable bonds is 3. The molecule has 4 nitrogen and oxygen atoms in total. The fourth-order valence-corrected chi connectivity index (χ4v) is 3.54. The molecule has 0 heterocycles. The minimum Gasteiger partial charge on any atom is -0.398 e. The van der Waals surface area contributed by atoms with Crippen molar-refractivity contribution in [2.24, 2.45) is 0 Å². The zero-order valence-corrected chi connectivity index (χ0v) is 13.2. The third-order valence-corrected chi connectivity index (χ3v) is 4.77. The standard InChI is InChI=1S/C13H11Cl2FN2O2S/c1-7-11(17)5-9(15)6-13(7)21(19,20)18-12-3-2-8(14)4-10(12)16/h2-6,18H,17H2,1H3. The van der Waals surface area contributed by atoms with Gasteiger partial charge in [0.1, 0.15) is 5.82 Å². The third kappa shape index (κ3) is 3.40. The van der Waals surface area contributed by atoms with E-state index in [1.165, 1.54) is 24.3 Å². The Morgan fingerprint density at radius 3 is 2.43 bits per heavy atom. The molecule has 8 heteroatoms. The molecule has 0 fully saturated rings. The van der Waals surface area contributed by atoms with E-state index in [-0.39, 0.29) is 26.3 Å². The Morgan fingerprint density at radius 2 is 1.81 bits per heavy atom. The van der Waals surface area contributed by atoms with Gasteiger partial charge in [-0.3, -0.25) is 4.72 Å². The topological polar surface area (TPSA) is 72.2 Å². The molecule has 3 N–H and O–H groups in total. The molecule has 2 aromatic rings. The van der Waals surface area contributed by atoms with Crippen molar-refractivity contribution in [1.82, 2.24) is 0 Å². The van der Waals surface area contributed by atoms with Gasteiger partial charge in [0.15, 0.2) is 0 Å². The quantitative estimate of drug-likeness (QED) is 0.828. The van der Waals surface area contributed by atoms with Gasteiger partial charge in [-0.15, -0.1) is 0 Å². The number of anilines is 2. The average Bonchev–Trinajstić information content (AvgIpc) is 2.37. The molecule has 0 aromatic heterocycles. The third-order valence-electron chi connectivity index (χ3n) is 2.83. The fraction of sp³-hybridized carbons (Fsp3) is 0.0769. The predicted octanol–water partition coefficient (Wildman–Crippen LogP) is 3.82. The van der Waals surface area contributed by atoms with Crippen LogP contribution in [-0.2, 0) is 10.0 Å². The maximum absolute atomic E-state index is 13.7. The van der Waals surface area contributed by atoms with Gasteiger partial charge in [0.25, 0.3) is 10.0 Å². The van der Waals surface area contributed by atoms with Crippen LogP contribution in [0.15, 0.2) is 35.2 Å². The number of nitrogens with two attached hydrogens (primary N) is 1. The average molecular weight is 349 g/mol. The van der Waals surface area contributed by atoms with Crippen molar-refractivity contribution in [2.75, 3.05) is 10.5 Å². The van der Waals surface area contributed by atoms with E-state index in [2.05, 4.69) is 4.72 Å². The highest BCUT2D eigenvalue weighted by Crippen LogP contribution is 2.28. The highest BCUT2D eigenvalue weighted by atomic mass is 35.5. The maximum Gasteiger partial charge on any atom is 0.262 e. The van der Waals surface area contributed by atoms with Gasteiger partial charge < -0.3 is 5.73 Å². The first-order chi connectivity index (χ1) is 9.70. The van der Waals surface area contributed by atoms with E-state index in [1.807, 2.05) is 0 Å². The summed E-state index contributed by atoms with van der Waals surface area (Å²) in [6.07, 6.45) is 0. The van der Waals surface area contributed by atoms with Crippen LogP contribution in [0.4, 0.5) is 15.8 Å². The van der Waals surface area contributed by atoms with Crippen LogP contribution >= 0.6 is 23.2 Å². The SMILES string of the molecule is Cc1c(N)cc(Cl)cc1S(=O)(=O)Nc1ccc(Cl)cc1F. The molecule has 0 saturated carbocycles. The van der Waals surface area contributed by atoms with E-state index in [9.17, 15) is 12.8 Å². The lowest BCUT2D eigenvalue weighted by Gasteiger charge is -2.13. The summed E-state index contributed by atoms with van der Waals surface area (Å²) >= 11 is 11.4. The molecule has 0 radical (unpaired) electrons. The van der Waals surface area contributed by atoms with Gasteiger partial charge in [0, 0.05) is 15.7 Å². The molecule has 0 bridgehead atoms. The molecule has 0 aliphatic carbocycles. The predicted molar refractivity (Wildman–Crippen MR) is 82.8 cm³/mol. The van der Waals surface area contributed by atoms with Crippen molar-refractivity contribution in [2.45, 2.75) is 11.8 Å². The number of hydrogen-bond donors (Lipinski definition) is 2. The number of halogens is 3. The maximum atomic E-state index is 13.7. The van der Waals surface area contributed by atoms with E-state index in [1.54, 1.807) is 6.92 Å². The van der Waals surface area contributed by atoms with Crippen LogP contribution in [0.25, 0.3) is 0 Å². The summed E-state index contributed by atoms with van der Waals surface area (Å²) in [4.78, 5) is -0.109. The Labute approximate surface area is 131 Å². The zero-order valence-electron chi connectivity index (χ0n) is 10.8. The summed E-state index contributed by atoms with van der Waals surface area (Å²) in [5, 5.41) is 0.341. The van der Waals surface area contributed by atoms with E-state index in [4.69, 9.17) is 28.9 Å². The van der Waals surface area contributed by atoms with E-state index >= 15 is 0 Å². The minimum absolute atomic E-state index is 0.109. The summed E-state index contributed by atoms with van der Waals surface area (Å²) in [7, 11) is -4.02. The number of nitrogen functional groups attached to an aromatic ring is 1. The van der Waals surface area contributed by atoms with E-state index in [0.29, 0.717) is 5.56 Å². The first-order valence-electron chi connectivity index (χ1n) is 5.74. The van der Waals surface area contributed by atoms with Crippen LogP contribution in [0.3, 0.4) is 0 Å². The number of hydrogen-bond acceptors (Lipinski definition) is 3. The second kappa shape index (κ2) is 5.71. The summed E-state index contributed by atoms with van der Waals surface area (Å²) in [5.41, 5.74) is 6.05. The molecule has 0 unspecified atom stereocenters. The van der Waals surface area contributed by atoms with Gasteiger partial charge in [-0.25, -0.2) is 12.8 Å². The van der Waals surface area contributed by atoms with Gasteiger partial charge in [0.2, 0.25) is 0 Å². The van der Waals surface area contributed by atoms with Gasteiger partial charge in [-0.2, -0.15) is 0 Å². The molecule has 0 saturated heterocycles. The molecule has 0 spiro atoms. The molecule has 112 valence electrons. The van der Waals surface area contributed by atoms with Crippen LogP contribution < -0.4 is 10.5 Å². The van der Waals surface area contributed by atoms with Crippen LogP contribution in [0.1, 0.15) is 5.56 Å². The molecule has 2 rings (SSSR count). The molecular formula is C13H11Cl2FN2O2S. The van der Waals surface area contributed by atoms with Gasteiger partial charge in [0.05, 0.1) is 10.6 Å². The van der Waals surface area contributed by atoms with Crippen molar-refractivity contribution < 1.29 is 12.8 Å². The summed E-state index contributed by atoms with van der Waals surface area (Å²) in [6, 6.07) is 6.32. The second-order valence-corrected chi connectivity index (χ2v) is 6.87. The lowest BCUT2D eigenvalue weighted by molar-refractivity contribution is 0.598. The van der Waals surface area contributed by atoms with Crippen molar-refractivity contribution >= 4 is 44.6 Å². The van der Waals surface area contributed by atoms with Crippen molar-refractivity contribution in [3.63, 3.8) is 0 Å². The minimum atomic E-state index is -4.02. The largest absolute Gasteiger partial charge is 0.398 e. The highest BCUT2D eigenvalue weighted by molar-refractivity contribution is 7.92. The first-order valence-corrected chi connectivity index (χ1v) is 7.98. The number of sulfonamides is 1. The van der Waals surface area contributed by atoms with E-state index < -0.39 is 15.8 Å². The molecule has 21 heavy (non-hydrogen) atoms. The van der Waals surface area contributed by atoms with Crippen LogP contribution in [-0.4, -0.2) is 8.42 Å². The zero-order chi connectivity index (χ0) is 15.8. The Bertz CT molecular complexity index is 810.